The predicted molar refractivity (Wildman–Crippen MR) is 99.1 cm³/mol. The molecule has 0 aliphatic heterocycles. The normalized spacial score (nSPS) is 10.8. The summed E-state index contributed by atoms with van der Waals surface area (Å²) in [4.78, 5) is 24.4. The van der Waals surface area contributed by atoms with Gasteiger partial charge in [0.15, 0.2) is 6.61 Å². The average molecular weight is 342 g/mol. The molecule has 0 unspecified atom stereocenters. The summed E-state index contributed by atoms with van der Waals surface area (Å²) < 4.78 is 7.27. The zero-order valence-electron chi connectivity index (χ0n) is 15.8. The van der Waals surface area contributed by atoms with Crippen LogP contribution in [-0.4, -0.2) is 23.1 Å². The van der Waals surface area contributed by atoms with Crippen molar-refractivity contribution in [2.24, 2.45) is 0 Å². The monoisotopic (exact) mass is 342 g/mol. The molecule has 0 saturated heterocycles. The van der Waals surface area contributed by atoms with E-state index < -0.39 is 5.97 Å². The molecule has 0 aliphatic carbocycles. The first kappa shape index (κ1) is 18.8. The van der Waals surface area contributed by atoms with E-state index in [9.17, 15) is 9.59 Å². The minimum absolute atomic E-state index is 0.258. The molecular formula is C20H26N2O3. The molecule has 0 spiro atoms. The molecule has 1 aromatic heterocycles. The number of aryl methyl sites for hydroxylation is 2. The van der Waals surface area contributed by atoms with Crippen molar-refractivity contribution in [3.63, 3.8) is 0 Å². The first-order valence-electron chi connectivity index (χ1n) is 8.44. The van der Waals surface area contributed by atoms with Gasteiger partial charge >= 0.3 is 5.97 Å². The Kier molecular flexibility index (Phi) is 5.67. The lowest BCUT2D eigenvalue weighted by atomic mass is 10.1. The maximum Gasteiger partial charge on any atom is 0.340 e. The van der Waals surface area contributed by atoms with E-state index in [0.717, 1.165) is 28.2 Å². The third kappa shape index (κ3) is 4.10. The second kappa shape index (κ2) is 7.55. The van der Waals surface area contributed by atoms with Crippen LogP contribution in [0.1, 0.15) is 52.8 Å². The van der Waals surface area contributed by atoms with Crippen LogP contribution in [0.4, 0.5) is 5.69 Å². The van der Waals surface area contributed by atoms with Gasteiger partial charge in [-0.15, -0.1) is 0 Å². The fourth-order valence-electron chi connectivity index (χ4n) is 3.06. The minimum atomic E-state index is -0.476. The Balaban J connectivity index is 2.02. The maximum absolute atomic E-state index is 12.3. The fraction of sp³-hybridized carbons (Fsp3) is 0.400. The molecule has 0 fully saturated rings. The van der Waals surface area contributed by atoms with Crippen LogP contribution in [-0.2, 0) is 9.53 Å². The van der Waals surface area contributed by atoms with Crippen molar-refractivity contribution in [1.82, 2.24) is 4.57 Å². The third-order valence-corrected chi connectivity index (χ3v) is 4.43. The topological polar surface area (TPSA) is 60.3 Å². The van der Waals surface area contributed by atoms with Gasteiger partial charge in [-0.1, -0.05) is 12.1 Å². The van der Waals surface area contributed by atoms with Gasteiger partial charge in [-0.05, 0) is 64.8 Å². The highest BCUT2D eigenvalue weighted by Crippen LogP contribution is 2.21. The number of aromatic nitrogens is 1. The average Bonchev–Trinajstić information content (AvgIpc) is 2.84. The third-order valence-electron chi connectivity index (χ3n) is 4.43. The van der Waals surface area contributed by atoms with Crippen LogP contribution in [0.3, 0.4) is 0 Å². The number of carbonyl (C=O) groups is 2. The van der Waals surface area contributed by atoms with Crippen LogP contribution in [0, 0.1) is 27.7 Å². The van der Waals surface area contributed by atoms with Gasteiger partial charge in [-0.25, -0.2) is 4.79 Å². The summed E-state index contributed by atoms with van der Waals surface area (Å²) in [6, 6.07) is 7.76. The molecule has 134 valence electrons. The first-order valence-corrected chi connectivity index (χ1v) is 8.44. The van der Waals surface area contributed by atoms with E-state index in [1.54, 1.807) is 6.07 Å². The van der Waals surface area contributed by atoms with Gasteiger partial charge in [0.05, 0.1) is 5.56 Å². The number of hydrogen-bond donors (Lipinski definition) is 1. The Labute approximate surface area is 149 Å². The molecule has 0 radical (unpaired) electrons. The van der Waals surface area contributed by atoms with Crippen LogP contribution in [0.25, 0.3) is 0 Å². The van der Waals surface area contributed by atoms with E-state index in [1.165, 1.54) is 0 Å². The highest BCUT2D eigenvalue weighted by molar-refractivity contribution is 5.96. The highest BCUT2D eigenvalue weighted by Gasteiger charge is 2.19. The maximum atomic E-state index is 12.3. The number of benzene rings is 1. The van der Waals surface area contributed by atoms with Gasteiger partial charge in [0, 0.05) is 23.1 Å². The largest absolute Gasteiger partial charge is 0.452 e. The van der Waals surface area contributed by atoms with E-state index in [0.29, 0.717) is 5.56 Å². The Morgan fingerprint density at radius 1 is 1.16 bits per heavy atom. The van der Waals surface area contributed by atoms with E-state index in [-0.39, 0.29) is 18.6 Å². The number of esters is 1. The summed E-state index contributed by atoms with van der Waals surface area (Å²) >= 11 is 0. The Bertz CT molecular complexity index is 804. The van der Waals surface area contributed by atoms with E-state index in [2.05, 4.69) is 23.7 Å². The molecule has 5 nitrogen and oxygen atoms in total. The van der Waals surface area contributed by atoms with Crippen LogP contribution < -0.4 is 5.32 Å². The van der Waals surface area contributed by atoms with Gasteiger partial charge < -0.3 is 14.6 Å². The molecule has 5 heteroatoms. The standard InChI is InChI=1S/C20H26N2O3/c1-12(2)22-14(4)10-17(16(22)6)20(24)25-11-19(23)21-18-9-7-8-13(3)15(18)5/h7-10,12H,11H2,1-6H3,(H,21,23). The summed E-state index contributed by atoms with van der Waals surface area (Å²) in [6.07, 6.45) is 0. The highest BCUT2D eigenvalue weighted by atomic mass is 16.5. The van der Waals surface area contributed by atoms with Crippen LogP contribution in [0.2, 0.25) is 0 Å². The second-order valence-electron chi connectivity index (χ2n) is 6.62. The zero-order valence-corrected chi connectivity index (χ0v) is 15.8. The predicted octanol–water partition coefficient (Wildman–Crippen LogP) is 4.10. The zero-order chi connectivity index (χ0) is 18.7. The summed E-state index contributed by atoms with van der Waals surface area (Å²) in [6.45, 7) is 11.6. The number of hydrogen-bond acceptors (Lipinski definition) is 3. The number of nitrogens with one attached hydrogen (secondary N) is 1. The summed E-state index contributed by atoms with van der Waals surface area (Å²) in [7, 11) is 0. The lowest BCUT2D eigenvalue weighted by Gasteiger charge is -2.13. The molecule has 1 heterocycles. The van der Waals surface area contributed by atoms with Crippen molar-refractivity contribution < 1.29 is 14.3 Å². The Morgan fingerprint density at radius 3 is 2.44 bits per heavy atom. The van der Waals surface area contributed by atoms with Gasteiger partial charge in [-0.2, -0.15) is 0 Å². The quantitative estimate of drug-likeness (QED) is 0.832. The van der Waals surface area contributed by atoms with Gasteiger partial charge in [-0.3, -0.25) is 4.79 Å². The van der Waals surface area contributed by atoms with E-state index in [4.69, 9.17) is 4.74 Å². The van der Waals surface area contributed by atoms with Crippen molar-refractivity contribution in [1.29, 1.82) is 0 Å². The summed E-state index contributed by atoms with van der Waals surface area (Å²) in [5.74, 6) is -0.823. The lowest BCUT2D eigenvalue weighted by Crippen LogP contribution is -2.21. The number of nitrogens with zero attached hydrogens (tertiary/aromatic N) is 1. The molecular weight excluding hydrogens is 316 g/mol. The van der Waals surface area contributed by atoms with Crippen LogP contribution in [0.5, 0.6) is 0 Å². The van der Waals surface area contributed by atoms with Crippen molar-refractivity contribution >= 4 is 17.6 Å². The Morgan fingerprint density at radius 2 is 1.84 bits per heavy atom. The smallest absolute Gasteiger partial charge is 0.340 e. The van der Waals surface area contributed by atoms with Crippen LogP contribution >= 0.6 is 0 Å². The molecule has 0 atom stereocenters. The molecule has 0 bridgehead atoms. The molecule has 2 rings (SSSR count). The van der Waals surface area contributed by atoms with Crippen molar-refractivity contribution in [3.05, 3.63) is 52.3 Å². The second-order valence-corrected chi connectivity index (χ2v) is 6.62. The molecule has 1 aromatic carbocycles. The van der Waals surface area contributed by atoms with Gasteiger partial charge in [0.25, 0.3) is 5.91 Å². The van der Waals surface area contributed by atoms with Gasteiger partial charge in [0.2, 0.25) is 0 Å². The number of anilines is 1. The Hall–Kier alpha value is -2.56. The van der Waals surface area contributed by atoms with Crippen molar-refractivity contribution in [3.8, 4) is 0 Å². The molecule has 2 aromatic rings. The number of amides is 1. The fourth-order valence-corrected chi connectivity index (χ4v) is 3.06. The lowest BCUT2D eigenvalue weighted by molar-refractivity contribution is -0.119. The van der Waals surface area contributed by atoms with E-state index >= 15 is 0 Å². The number of rotatable bonds is 5. The molecule has 0 aliphatic rings. The first-order chi connectivity index (χ1) is 11.7. The van der Waals surface area contributed by atoms with Gasteiger partial charge in [0.1, 0.15) is 0 Å². The van der Waals surface area contributed by atoms with Crippen molar-refractivity contribution in [2.75, 3.05) is 11.9 Å². The summed E-state index contributed by atoms with van der Waals surface area (Å²) in [5.41, 5.74) is 5.19. The molecule has 1 amide bonds. The molecule has 0 saturated carbocycles. The SMILES string of the molecule is Cc1cccc(NC(=O)COC(=O)c2cc(C)n(C(C)C)c2C)c1C. The van der Waals surface area contributed by atoms with Crippen molar-refractivity contribution in [2.45, 2.75) is 47.6 Å². The molecule has 1 N–H and O–H groups in total. The minimum Gasteiger partial charge on any atom is -0.452 e. The summed E-state index contributed by atoms with van der Waals surface area (Å²) in [5, 5.41) is 2.79. The van der Waals surface area contributed by atoms with Crippen LogP contribution in [0.15, 0.2) is 24.3 Å². The number of ether oxygens (including phenoxy) is 1. The van der Waals surface area contributed by atoms with E-state index in [1.807, 2.05) is 45.9 Å². The number of carbonyl (C=O) groups excluding carboxylic acids is 2. The molecule has 25 heavy (non-hydrogen) atoms.